The van der Waals surface area contributed by atoms with E-state index in [1.165, 1.54) is 0 Å². The van der Waals surface area contributed by atoms with Gasteiger partial charge in [-0.15, -0.1) is 0 Å². The number of carbonyl (C=O) groups is 2. The van der Waals surface area contributed by atoms with E-state index in [1.54, 1.807) is 4.90 Å². The average Bonchev–Trinajstić information content (AvgIpc) is 2.98. The molecule has 27 heavy (non-hydrogen) atoms. The van der Waals surface area contributed by atoms with E-state index in [0.717, 1.165) is 27.5 Å². The van der Waals surface area contributed by atoms with E-state index < -0.39 is 5.91 Å². The lowest BCUT2D eigenvalue weighted by atomic mass is 9.96. The number of nitrogens with zero attached hydrogens (tertiary/aromatic N) is 1. The summed E-state index contributed by atoms with van der Waals surface area (Å²) in [5, 5.41) is 2.73. The van der Waals surface area contributed by atoms with Crippen LogP contribution in [0.25, 0.3) is 21.9 Å². The maximum absolute atomic E-state index is 12.7. The first-order valence-corrected chi connectivity index (χ1v) is 8.91. The van der Waals surface area contributed by atoms with Gasteiger partial charge in [0.25, 0.3) is 5.91 Å². The number of nitrogens with two attached hydrogens (primary N) is 1. The van der Waals surface area contributed by atoms with Crippen LogP contribution < -0.4 is 5.73 Å². The third-order valence-electron chi connectivity index (χ3n) is 4.91. The van der Waals surface area contributed by atoms with Gasteiger partial charge < -0.3 is 10.6 Å². The van der Waals surface area contributed by atoms with Crippen molar-refractivity contribution in [3.63, 3.8) is 0 Å². The number of primary amides is 1. The van der Waals surface area contributed by atoms with Crippen molar-refractivity contribution in [1.82, 2.24) is 4.90 Å². The minimum absolute atomic E-state index is 0.113. The lowest BCUT2D eigenvalue weighted by Crippen LogP contribution is -2.30. The van der Waals surface area contributed by atoms with Crippen molar-refractivity contribution in [1.29, 1.82) is 0 Å². The van der Waals surface area contributed by atoms with E-state index in [2.05, 4.69) is 12.6 Å². The molecule has 1 aliphatic rings. The summed E-state index contributed by atoms with van der Waals surface area (Å²) in [6.45, 7) is 4.21. The summed E-state index contributed by atoms with van der Waals surface area (Å²) < 4.78 is 0. The largest absolute Gasteiger partial charge is 0.366 e. The highest BCUT2D eigenvalue weighted by Gasteiger charge is 2.29. The minimum Gasteiger partial charge on any atom is -0.366 e. The van der Waals surface area contributed by atoms with Crippen molar-refractivity contribution >= 4 is 34.2 Å². The molecule has 5 heteroatoms. The molecule has 4 rings (SSSR count). The van der Waals surface area contributed by atoms with Crippen molar-refractivity contribution in [2.45, 2.75) is 6.54 Å². The predicted molar refractivity (Wildman–Crippen MR) is 107 cm³/mol. The number of hydrogen-bond donors (Lipinski definition) is 1. The zero-order valence-corrected chi connectivity index (χ0v) is 15.3. The average molecular weight is 377 g/mol. The molecule has 0 spiro atoms. The van der Waals surface area contributed by atoms with Gasteiger partial charge in [-0.05, 0) is 40.1 Å². The molecule has 0 saturated carbocycles. The second kappa shape index (κ2) is 6.56. The van der Waals surface area contributed by atoms with Gasteiger partial charge in [-0.3, -0.25) is 9.59 Å². The lowest BCUT2D eigenvalue weighted by Gasteiger charge is -2.15. The van der Waals surface area contributed by atoms with Gasteiger partial charge in [-0.25, -0.2) is 0 Å². The fourth-order valence-electron chi connectivity index (χ4n) is 3.48. The number of carbonyl (C=O) groups excluding carboxylic acids is 2. The van der Waals surface area contributed by atoms with Gasteiger partial charge in [0.15, 0.2) is 0 Å². The summed E-state index contributed by atoms with van der Waals surface area (Å²) in [6.07, 6.45) is 0. The van der Waals surface area contributed by atoms with Crippen molar-refractivity contribution in [2.24, 2.45) is 5.73 Å². The minimum atomic E-state index is -0.593. The third kappa shape index (κ3) is 2.98. The molecule has 3 aromatic carbocycles. The second-order valence-corrected chi connectivity index (χ2v) is 7.04. The van der Waals surface area contributed by atoms with Crippen LogP contribution in [0.4, 0.5) is 0 Å². The zero-order chi connectivity index (χ0) is 19.1. The first kappa shape index (κ1) is 17.3. The van der Waals surface area contributed by atoms with E-state index in [4.69, 9.17) is 17.3 Å². The summed E-state index contributed by atoms with van der Waals surface area (Å²) in [5.74, 6) is -0.706. The second-order valence-electron chi connectivity index (χ2n) is 6.64. The van der Waals surface area contributed by atoms with Crippen LogP contribution in [-0.2, 0) is 11.3 Å². The van der Waals surface area contributed by atoms with Crippen LogP contribution in [0.2, 0.25) is 5.02 Å². The lowest BCUT2D eigenvalue weighted by molar-refractivity contribution is -0.114. The summed E-state index contributed by atoms with van der Waals surface area (Å²) in [6, 6.07) is 17.6. The molecule has 0 aliphatic carbocycles. The molecule has 0 saturated heterocycles. The molecule has 2 amide bonds. The predicted octanol–water partition coefficient (Wildman–Crippen LogP) is 4.16. The smallest absolute Gasteiger partial charge is 0.254 e. The van der Waals surface area contributed by atoms with Gasteiger partial charge in [0.1, 0.15) is 0 Å². The third-order valence-corrected chi connectivity index (χ3v) is 5.24. The number of hydrogen-bond acceptors (Lipinski definition) is 2. The van der Waals surface area contributed by atoms with Gasteiger partial charge in [0.05, 0.1) is 6.54 Å². The monoisotopic (exact) mass is 376 g/mol. The van der Waals surface area contributed by atoms with Gasteiger partial charge in [0, 0.05) is 28.3 Å². The molecule has 0 fully saturated rings. The van der Waals surface area contributed by atoms with Crippen molar-refractivity contribution in [2.75, 3.05) is 6.54 Å². The molecular formula is C22H17ClN2O2. The van der Waals surface area contributed by atoms with Crippen LogP contribution in [0.5, 0.6) is 0 Å². The number of benzene rings is 3. The summed E-state index contributed by atoms with van der Waals surface area (Å²) in [4.78, 5) is 25.6. The molecule has 3 aromatic rings. The summed E-state index contributed by atoms with van der Waals surface area (Å²) >= 11 is 6.34. The highest BCUT2D eigenvalue weighted by Crippen LogP contribution is 2.35. The Balaban J connectivity index is 1.79. The SMILES string of the molecule is C=C(CN1Cc2c(ccc3ccc(-c4ccccc4Cl)cc23)C1=O)C(N)=O. The van der Waals surface area contributed by atoms with E-state index in [0.29, 0.717) is 17.1 Å². The Morgan fingerprint density at radius 1 is 1.11 bits per heavy atom. The molecule has 0 radical (unpaired) electrons. The number of fused-ring (bicyclic) bond motifs is 3. The highest BCUT2D eigenvalue weighted by atomic mass is 35.5. The molecule has 2 N–H and O–H groups in total. The maximum atomic E-state index is 12.7. The van der Waals surface area contributed by atoms with Crippen molar-refractivity contribution in [3.8, 4) is 11.1 Å². The van der Waals surface area contributed by atoms with Crippen molar-refractivity contribution < 1.29 is 9.59 Å². The Kier molecular flexibility index (Phi) is 4.21. The van der Waals surface area contributed by atoms with Crippen LogP contribution in [0.3, 0.4) is 0 Å². The molecule has 0 bridgehead atoms. The summed E-state index contributed by atoms with van der Waals surface area (Å²) in [5.41, 5.74) is 9.02. The quantitative estimate of drug-likeness (QED) is 0.695. The van der Waals surface area contributed by atoms with Crippen LogP contribution in [0.1, 0.15) is 15.9 Å². The van der Waals surface area contributed by atoms with E-state index in [-0.39, 0.29) is 18.0 Å². The Bertz CT molecular complexity index is 1120. The zero-order valence-electron chi connectivity index (χ0n) is 14.5. The Morgan fingerprint density at radius 3 is 2.59 bits per heavy atom. The Labute approximate surface area is 161 Å². The van der Waals surface area contributed by atoms with Crippen LogP contribution in [0.15, 0.2) is 66.7 Å². The van der Waals surface area contributed by atoms with Crippen molar-refractivity contribution in [3.05, 3.63) is 82.9 Å². The Morgan fingerprint density at radius 2 is 1.85 bits per heavy atom. The van der Waals surface area contributed by atoms with Gasteiger partial charge in [-0.1, -0.05) is 54.6 Å². The molecule has 4 nitrogen and oxygen atoms in total. The molecule has 134 valence electrons. The van der Waals surface area contributed by atoms with Crippen LogP contribution in [0, 0.1) is 0 Å². The molecular weight excluding hydrogens is 360 g/mol. The van der Waals surface area contributed by atoms with E-state index in [1.807, 2.05) is 48.5 Å². The van der Waals surface area contributed by atoms with E-state index >= 15 is 0 Å². The maximum Gasteiger partial charge on any atom is 0.254 e. The first-order valence-electron chi connectivity index (χ1n) is 8.53. The fourth-order valence-corrected chi connectivity index (χ4v) is 3.73. The Hall–Kier alpha value is -3.11. The van der Waals surface area contributed by atoms with E-state index in [9.17, 15) is 9.59 Å². The fraction of sp³-hybridized carbons (Fsp3) is 0.0909. The van der Waals surface area contributed by atoms with Crippen LogP contribution >= 0.6 is 11.6 Å². The van der Waals surface area contributed by atoms with Gasteiger partial charge >= 0.3 is 0 Å². The number of halogens is 1. The van der Waals surface area contributed by atoms with Crippen LogP contribution in [-0.4, -0.2) is 23.3 Å². The first-order chi connectivity index (χ1) is 13.0. The summed E-state index contributed by atoms with van der Waals surface area (Å²) in [7, 11) is 0. The van der Waals surface area contributed by atoms with Gasteiger partial charge in [0.2, 0.25) is 5.91 Å². The normalized spacial score (nSPS) is 13.1. The topological polar surface area (TPSA) is 63.4 Å². The standard InChI is InChI=1S/C22H17ClN2O2/c1-13(21(24)26)11-25-12-19-17(22(25)27)9-8-14-6-7-15(10-18(14)19)16-4-2-3-5-20(16)23/h2-10H,1,11-12H2,(H2,24,26). The molecule has 0 atom stereocenters. The molecule has 1 aliphatic heterocycles. The number of rotatable bonds is 4. The highest BCUT2D eigenvalue weighted by molar-refractivity contribution is 6.33. The molecule has 0 unspecified atom stereocenters. The molecule has 0 aromatic heterocycles. The number of amides is 2. The molecule has 1 heterocycles. The van der Waals surface area contributed by atoms with Gasteiger partial charge in [-0.2, -0.15) is 0 Å².